The molecule has 0 amide bonds. The van der Waals surface area contributed by atoms with Crippen LogP contribution in [0.5, 0.6) is 0 Å². The molecule has 0 atom stereocenters. The van der Waals surface area contributed by atoms with E-state index >= 15 is 0 Å². The van der Waals surface area contributed by atoms with Gasteiger partial charge in [-0.2, -0.15) is 0 Å². The minimum atomic E-state index is 0.531. The van der Waals surface area contributed by atoms with Gasteiger partial charge in [0.2, 0.25) is 0 Å². The highest BCUT2D eigenvalue weighted by atomic mass is 35.5. The molecule has 0 bridgehead atoms. The Bertz CT molecular complexity index is 56.6. The molecule has 0 aromatic heterocycles. The van der Waals surface area contributed by atoms with E-state index in [1.54, 1.807) is 0 Å². The molecule has 36 valence electrons. The molecule has 0 rings (SSSR count). The van der Waals surface area contributed by atoms with Gasteiger partial charge in [-0.1, -0.05) is 11.6 Å². The summed E-state index contributed by atoms with van der Waals surface area (Å²) in [5.41, 5.74) is 2.48. The van der Waals surface area contributed by atoms with Crippen molar-refractivity contribution in [1.82, 2.24) is 0 Å². The highest BCUT2D eigenvalue weighted by molar-refractivity contribution is 6.27. The third-order valence-electron chi connectivity index (χ3n) is 0.397. The zero-order valence-electron chi connectivity index (χ0n) is 3.54. The van der Waals surface area contributed by atoms with Crippen LogP contribution < -0.4 is 0 Å². The Morgan fingerprint density at radius 3 is 2.33 bits per heavy atom. The molecule has 0 aliphatic heterocycles. The molecule has 0 fully saturated rings. The van der Waals surface area contributed by atoms with Crippen LogP contribution in [0.4, 0.5) is 0 Å². The number of allylic oxidation sites excluding steroid dienone is 1. The van der Waals surface area contributed by atoms with Gasteiger partial charge >= 0.3 is 0 Å². The number of rotatable bonds is 1. The SMILES string of the molecule is C/C(=C\Cl)CCl. The van der Waals surface area contributed by atoms with Crippen LogP contribution in [-0.4, -0.2) is 5.88 Å². The van der Waals surface area contributed by atoms with Gasteiger partial charge in [0.25, 0.3) is 0 Å². The Kier molecular flexibility index (Phi) is 3.70. The molecule has 0 nitrogen and oxygen atoms in total. The van der Waals surface area contributed by atoms with E-state index in [0.29, 0.717) is 5.88 Å². The number of alkyl halides is 1. The minimum Gasteiger partial charge on any atom is -0.122 e. The molecule has 0 N–H and O–H groups in total. The quantitative estimate of drug-likeness (QED) is 0.472. The fourth-order valence-corrected chi connectivity index (χ4v) is 0.262. The van der Waals surface area contributed by atoms with Crippen molar-refractivity contribution in [2.45, 2.75) is 6.92 Å². The molecule has 6 heavy (non-hydrogen) atoms. The summed E-state index contributed by atoms with van der Waals surface area (Å²) in [5, 5.41) is 0. The second kappa shape index (κ2) is 3.51. The first-order valence-corrected chi connectivity index (χ1v) is 2.60. The number of halogens is 2. The van der Waals surface area contributed by atoms with Gasteiger partial charge in [0.05, 0.1) is 0 Å². The zero-order chi connectivity index (χ0) is 4.99. The molecule has 0 aliphatic rings. The lowest BCUT2D eigenvalue weighted by Gasteiger charge is -1.81. The summed E-state index contributed by atoms with van der Waals surface area (Å²) in [6.45, 7) is 1.88. The molecular weight excluding hydrogens is 119 g/mol. The van der Waals surface area contributed by atoms with Crippen LogP contribution in [0.2, 0.25) is 0 Å². The molecule has 0 saturated carbocycles. The molecule has 0 heterocycles. The molecular formula is C4H6Cl2. The molecule has 0 unspecified atom stereocenters. The minimum absolute atomic E-state index is 0.531. The first kappa shape index (κ1) is 6.32. The van der Waals surface area contributed by atoms with Gasteiger partial charge in [-0.15, -0.1) is 11.6 Å². The van der Waals surface area contributed by atoms with Gasteiger partial charge < -0.3 is 0 Å². The van der Waals surface area contributed by atoms with Crippen molar-refractivity contribution in [3.05, 3.63) is 11.1 Å². The lowest BCUT2D eigenvalue weighted by molar-refractivity contribution is 1.42. The normalized spacial score (nSPS) is 12.2. The molecule has 0 aromatic rings. The Morgan fingerprint density at radius 1 is 1.83 bits per heavy atom. The van der Waals surface area contributed by atoms with Crippen LogP contribution in [0.3, 0.4) is 0 Å². The van der Waals surface area contributed by atoms with Crippen molar-refractivity contribution in [2.75, 3.05) is 5.88 Å². The molecule has 0 radical (unpaired) electrons. The second-order valence-electron chi connectivity index (χ2n) is 1.09. The Balaban J connectivity index is 3.22. The van der Waals surface area contributed by atoms with Gasteiger partial charge in [-0.3, -0.25) is 0 Å². The van der Waals surface area contributed by atoms with E-state index in [-0.39, 0.29) is 0 Å². The maximum Gasteiger partial charge on any atom is 0.0442 e. The van der Waals surface area contributed by atoms with Crippen molar-refractivity contribution in [3.8, 4) is 0 Å². The lowest BCUT2D eigenvalue weighted by Crippen LogP contribution is -1.68. The van der Waals surface area contributed by atoms with E-state index in [1.165, 1.54) is 5.54 Å². The molecule has 0 aliphatic carbocycles. The van der Waals surface area contributed by atoms with Crippen molar-refractivity contribution in [1.29, 1.82) is 0 Å². The van der Waals surface area contributed by atoms with Gasteiger partial charge in [0.15, 0.2) is 0 Å². The Morgan fingerprint density at radius 2 is 2.33 bits per heavy atom. The van der Waals surface area contributed by atoms with E-state index in [9.17, 15) is 0 Å². The summed E-state index contributed by atoms with van der Waals surface area (Å²) < 4.78 is 0. The van der Waals surface area contributed by atoms with Crippen LogP contribution in [0.15, 0.2) is 11.1 Å². The zero-order valence-corrected chi connectivity index (χ0v) is 5.05. The summed E-state index contributed by atoms with van der Waals surface area (Å²) in [7, 11) is 0. The van der Waals surface area contributed by atoms with Crippen molar-refractivity contribution in [3.63, 3.8) is 0 Å². The fourth-order valence-electron chi connectivity index (χ4n) is 0.0292. The maximum atomic E-state index is 5.30. The maximum absolute atomic E-state index is 5.30. The smallest absolute Gasteiger partial charge is 0.0442 e. The van der Waals surface area contributed by atoms with Crippen molar-refractivity contribution < 1.29 is 0 Å². The van der Waals surface area contributed by atoms with Gasteiger partial charge in [0, 0.05) is 11.4 Å². The predicted molar refractivity (Wildman–Crippen MR) is 30.3 cm³/mol. The van der Waals surface area contributed by atoms with E-state index in [0.717, 1.165) is 5.57 Å². The Hall–Kier alpha value is 0.320. The predicted octanol–water partition coefficient (Wildman–Crippen LogP) is 2.37. The van der Waals surface area contributed by atoms with Crippen LogP contribution in [0.1, 0.15) is 6.92 Å². The van der Waals surface area contributed by atoms with Gasteiger partial charge in [0.1, 0.15) is 0 Å². The third kappa shape index (κ3) is 2.55. The van der Waals surface area contributed by atoms with E-state index in [2.05, 4.69) is 0 Å². The molecule has 0 saturated heterocycles. The molecule has 2 heteroatoms. The second-order valence-corrected chi connectivity index (χ2v) is 1.57. The number of hydrogen-bond acceptors (Lipinski definition) is 0. The summed E-state index contributed by atoms with van der Waals surface area (Å²) in [6, 6.07) is 0. The summed E-state index contributed by atoms with van der Waals surface area (Å²) >= 11 is 10.5. The first-order chi connectivity index (χ1) is 2.81. The largest absolute Gasteiger partial charge is 0.122 e. The highest BCUT2D eigenvalue weighted by Crippen LogP contribution is 1.95. The summed E-state index contributed by atoms with van der Waals surface area (Å²) in [6.07, 6.45) is 0. The molecule has 0 spiro atoms. The third-order valence-corrected chi connectivity index (χ3v) is 1.19. The number of hydrogen-bond donors (Lipinski definition) is 0. The van der Waals surface area contributed by atoms with E-state index < -0.39 is 0 Å². The molecule has 0 aromatic carbocycles. The van der Waals surface area contributed by atoms with E-state index in [1.807, 2.05) is 6.92 Å². The van der Waals surface area contributed by atoms with Crippen LogP contribution in [0.25, 0.3) is 0 Å². The van der Waals surface area contributed by atoms with Crippen LogP contribution >= 0.6 is 23.2 Å². The fraction of sp³-hybridized carbons (Fsp3) is 0.500. The average molecular weight is 125 g/mol. The monoisotopic (exact) mass is 124 g/mol. The topological polar surface area (TPSA) is 0 Å². The highest BCUT2D eigenvalue weighted by Gasteiger charge is 1.76. The summed E-state index contributed by atoms with van der Waals surface area (Å²) in [4.78, 5) is 0. The lowest BCUT2D eigenvalue weighted by atomic mass is 10.4. The van der Waals surface area contributed by atoms with Gasteiger partial charge in [-0.05, 0) is 12.5 Å². The van der Waals surface area contributed by atoms with Crippen LogP contribution in [-0.2, 0) is 0 Å². The van der Waals surface area contributed by atoms with Crippen LogP contribution in [0, 0.1) is 0 Å². The summed E-state index contributed by atoms with van der Waals surface area (Å²) in [5.74, 6) is 0.531. The van der Waals surface area contributed by atoms with E-state index in [4.69, 9.17) is 23.2 Å². The Labute approximate surface area is 47.8 Å². The standard InChI is InChI=1S/C4H6Cl2/c1-4(2-5)3-6/h2H,3H2,1H3/b4-2+. The average Bonchev–Trinajstić information content (AvgIpc) is 1.65. The van der Waals surface area contributed by atoms with Gasteiger partial charge in [-0.25, -0.2) is 0 Å². The van der Waals surface area contributed by atoms with Crippen molar-refractivity contribution >= 4 is 23.2 Å². The van der Waals surface area contributed by atoms with Crippen molar-refractivity contribution in [2.24, 2.45) is 0 Å². The first-order valence-electron chi connectivity index (χ1n) is 1.63.